The highest BCUT2D eigenvalue weighted by Crippen LogP contribution is 2.68. The van der Waals surface area contributed by atoms with Crippen LogP contribution in [0.2, 0.25) is 0 Å². The maximum atomic E-state index is 14.1. The standard InChI is InChI=1S/C25H35N3O4S/c1-14-11-17-18(21(30)26-5)19-23(32)28(16(13-29)12-15-9-7-6-8-10-15)20(25(14,19)33-17)22(31)27-24(2,3)4/h6-10,14,16-20,29H,11-13H2,1-5H3,(H,26,30)(H,27,31)/t14?,16-,17+,18-,19+,20?,25?/m1/s1. The molecule has 2 bridgehead atoms. The molecule has 0 saturated carbocycles. The summed E-state index contributed by atoms with van der Waals surface area (Å²) in [5.41, 5.74) is 0.515. The molecule has 0 radical (unpaired) electrons. The Labute approximate surface area is 200 Å². The second-order valence-electron chi connectivity index (χ2n) is 10.7. The van der Waals surface area contributed by atoms with Gasteiger partial charge in [0, 0.05) is 17.8 Å². The lowest BCUT2D eigenvalue weighted by Gasteiger charge is -2.41. The minimum absolute atomic E-state index is 0.0164. The van der Waals surface area contributed by atoms with Crippen molar-refractivity contribution in [2.24, 2.45) is 17.8 Å². The number of hydrogen-bond donors (Lipinski definition) is 3. The highest BCUT2D eigenvalue weighted by atomic mass is 32.2. The lowest BCUT2D eigenvalue weighted by molar-refractivity contribution is -0.143. The quantitative estimate of drug-likeness (QED) is 0.583. The van der Waals surface area contributed by atoms with E-state index in [1.165, 1.54) is 0 Å². The fourth-order valence-corrected chi connectivity index (χ4v) is 8.60. The van der Waals surface area contributed by atoms with Crippen LogP contribution in [0.3, 0.4) is 0 Å². The summed E-state index contributed by atoms with van der Waals surface area (Å²) in [5.74, 6) is -1.47. The highest BCUT2D eigenvalue weighted by molar-refractivity contribution is 8.02. The molecule has 3 amide bonds. The van der Waals surface area contributed by atoms with Crippen molar-refractivity contribution in [3.8, 4) is 0 Å². The fraction of sp³-hybridized carbons (Fsp3) is 0.640. The average Bonchev–Trinajstić information content (AvgIpc) is 3.35. The summed E-state index contributed by atoms with van der Waals surface area (Å²) in [6, 6.07) is 8.40. The van der Waals surface area contributed by atoms with Crippen LogP contribution in [0.4, 0.5) is 0 Å². The van der Waals surface area contributed by atoms with Crippen LogP contribution in [0.5, 0.6) is 0 Å². The van der Waals surface area contributed by atoms with Crippen LogP contribution in [-0.4, -0.2) is 69.0 Å². The molecule has 180 valence electrons. The number of rotatable bonds is 6. The van der Waals surface area contributed by atoms with Gasteiger partial charge in [-0.2, -0.15) is 0 Å². The minimum atomic E-state index is -0.741. The van der Waals surface area contributed by atoms with Gasteiger partial charge in [-0.05, 0) is 45.1 Å². The number of hydrogen-bond acceptors (Lipinski definition) is 5. The molecule has 7 nitrogen and oxygen atoms in total. The van der Waals surface area contributed by atoms with Crippen molar-refractivity contribution >= 4 is 29.5 Å². The van der Waals surface area contributed by atoms with Crippen LogP contribution >= 0.6 is 11.8 Å². The van der Waals surface area contributed by atoms with Gasteiger partial charge < -0.3 is 20.6 Å². The largest absolute Gasteiger partial charge is 0.394 e. The molecule has 3 aliphatic heterocycles. The summed E-state index contributed by atoms with van der Waals surface area (Å²) in [7, 11) is 1.60. The lowest BCUT2D eigenvalue weighted by atomic mass is 9.66. The zero-order valence-corrected chi connectivity index (χ0v) is 20.8. The van der Waals surface area contributed by atoms with Gasteiger partial charge in [-0.3, -0.25) is 14.4 Å². The Kier molecular flexibility index (Phi) is 6.29. The maximum absolute atomic E-state index is 14.1. The smallest absolute Gasteiger partial charge is 0.244 e. The number of nitrogens with one attached hydrogen (secondary N) is 2. The Bertz CT molecular complexity index is 933. The maximum Gasteiger partial charge on any atom is 0.244 e. The molecule has 7 atom stereocenters. The average molecular weight is 474 g/mol. The van der Waals surface area contributed by atoms with Gasteiger partial charge in [0.15, 0.2) is 0 Å². The number of likely N-dealkylation sites (tertiary alicyclic amines) is 1. The zero-order valence-electron chi connectivity index (χ0n) is 20.0. The Hall–Kier alpha value is -2.06. The van der Waals surface area contributed by atoms with Gasteiger partial charge in [-0.25, -0.2) is 0 Å². The monoisotopic (exact) mass is 473 g/mol. The summed E-state index contributed by atoms with van der Waals surface area (Å²) in [5, 5.41) is 16.3. The second-order valence-corrected chi connectivity index (χ2v) is 12.2. The summed E-state index contributed by atoms with van der Waals surface area (Å²) in [4.78, 5) is 42.4. The number of aliphatic hydroxyl groups is 1. The van der Waals surface area contributed by atoms with Gasteiger partial charge in [0.1, 0.15) is 6.04 Å². The van der Waals surface area contributed by atoms with E-state index in [0.29, 0.717) is 6.42 Å². The number of aliphatic hydroxyl groups excluding tert-OH is 1. The normalized spacial score (nSPS) is 33.7. The molecule has 0 aliphatic carbocycles. The summed E-state index contributed by atoms with van der Waals surface area (Å²) >= 11 is 1.65. The van der Waals surface area contributed by atoms with Crippen molar-refractivity contribution in [2.45, 2.75) is 68.2 Å². The van der Waals surface area contributed by atoms with E-state index in [0.717, 1.165) is 12.0 Å². The third-order valence-corrected chi connectivity index (χ3v) is 9.47. The van der Waals surface area contributed by atoms with E-state index >= 15 is 0 Å². The molecule has 8 heteroatoms. The number of thioether (sulfide) groups is 1. The van der Waals surface area contributed by atoms with Crippen LogP contribution in [0.1, 0.15) is 39.7 Å². The molecule has 3 unspecified atom stereocenters. The van der Waals surface area contributed by atoms with E-state index in [4.69, 9.17) is 0 Å². The van der Waals surface area contributed by atoms with Gasteiger partial charge >= 0.3 is 0 Å². The molecule has 4 rings (SSSR count). The predicted molar refractivity (Wildman–Crippen MR) is 128 cm³/mol. The van der Waals surface area contributed by atoms with Crippen LogP contribution in [0.25, 0.3) is 0 Å². The Balaban J connectivity index is 1.80. The number of carbonyl (C=O) groups is 3. The van der Waals surface area contributed by atoms with Gasteiger partial charge in [0.05, 0.1) is 29.2 Å². The second kappa shape index (κ2) is 8.62. The molecule has 1 aromatic carbocycles. The van der Waals surface area contributed by atoms with E-state index in [-0.39, 0.29) is 35.5 Å². The SMILES string of the molecule is CNC(=O)[C@@H]1[C@@H]2CC(C)C3(S2)C(C(=O)NC(C)(C)C)N([C@@H](CO)Cc2ccccc2)C(=O)[C@H]13. The van der Waals surface area contributed by atoms with Crippen LogP contribution in [0.15, 0.2) is 30.3 Å². The molecule has 3 N–H and O–H groups in total. The molecule has 3 fully saturated rings. The number of fused-ring (bicyclic) bond motifs is 1. The van der Waals surface area contributed by atoms with Crippen molar-refractivity contribution in [1.82, 2.24) is 15.5 Å². The first-order valence-corrected chi connectivity index (χ1v) is 12.6. The predicted octanol–water partition coefficient (Wildman–Crippen LogP) is 1.59. The molecular weight excluding hydrogens is 438 g/mol. The lowest BCUT2D eigenvalue weighted by Crippen LogP contribution is -2.61. The number of carbonyl (C=O) groups excluding carboxylic acids is 3. The molecule has 3 saturated heterocycles. The topological polar surface area (TPSA) is 98.7 Å². The van der Waals surface area contributed by atoms with Crippen molar-refractivity contribution in [3.63, 3.8) is 0 Å². The van der Waals surface area contributed by atoms with E-state index in [1.807, 2.05) is 51.1 Å². The third kappa shape index (κ3) is 3.85. The Morgan fingerprint density at radius 1 is 1.24 bits per heavy atom. The Morgan fingerprint density at radius 3 is 2.48 bits per heavy atom. The molecule has 33 heavy (non-hydrogen) atoms. The number of benzene rings is 1. The van der Waals surface area contributed by atoms with Crippen molar-refractivity contribution in [2.75, 3.05) is 13.7 Å². The first-order valence-electron chi connectivity index (χ1n) is 11.7. The van der Waals surface area contributed by atoms with Crippen molar-refractivity contribution in [3.05, 3.63) is 35.9 Å². The van der Waals surface area contributed by atoms with Gasteiger partial charge in [-0.1, -0.05) is 37.3 Å². The zero-order chi connectivity index (χ0) is 24.1. The highest BCUT2D eigenvalue weighted by Gasteiger charge is 2.76. The fourth-order valence-electron chi connectivity index (χ4n) is 6.19. The van der Waals surface area contributed by atoms with E-state index < -0.39 is 34.2 Å². The molecule has 3 heterocycles. The summed E-state index contributed by atoms with van der Waals surface area (Å²) in [6.45, 7) is 7.61. The van der Waals surface area contributed by atoms with Gasteiger partial charge in [-0.15, -0.1) is 11.8 Å². The number of amides is 3. The molecule has 1 aromatic rings. The summed E-state index contributed by atoms with van der Waals surface area (Å²) in [6.07, 6.45) is 1.24. The van der Waals surface area contributed by atoms with Gasteiger partial charge in [0.25, 0.3) is 0 Å². The van der Waals surface area contributed by atoms with E-state index in [9.17, 15) is 19.5 Å². The Morgan fingerprint density at radius 2 is 1.91 bits per heavy atom. The first kappa shape index (κ1) is 24.1. The minimum Gasteiger partial charge on any atom is -0.394 e. The molecular formula is C25H35N3O4S. The van der Waals surface area contributed by atoms with E-state index in [1.54, 1.807) is 23.7 Å². The number of nitrogens with zero attached hydrogens (tertiary/aromatic N) is 1. The van der Waals surface area contributed by atoms with E-state index in [2.05, 4.69) is 17.6 Å². The van der Waals surface area contributed by atoms with Gasteiger partial charge in [0.2, 0.25) is 17.7 Å². The van der Waals surface area contributed by atoms with Crippen LogP contribution in [-0.2, 0) is 20.8 Å². The van der Waals surface area contributed by atoms with Crippen LogP contribution in [0, 0.1) is 17.8 Å². The first-order chi connectivity index (χ1) is 15.5. The molecule has 3 aliphatic rings. The molecule has 0 aromatic heterocycles. The van der Waals surface area contributed by atoms with Crippen molar-refractivity contribution < 1.29 is 19.5 Å². The van der Waals surface area contributed by atoms with Crippen LogP contribution < -0.4 is 10.6 Å². The third-order valence-electron chi connectivity index (χ3n) is 7.40. The molecule has 1 spiro atoms. The summed E-state index contributed by atoms with van der Waals surface area (Å²) < 4.78 is -0.682. The van der Waals surface area contributed by atoms with Crippen molar-refractivity contribution in [1.29, 1.82) is 0 Å².